The third-order valence-corrected chi connectivity index (χ3v) is 7.67. The number of aliphatic hydroxyl groups excluding tert-OH is 8. The van der Waals surface area contributed by atoms with Crippen LogP contribution in [0.25, 0.3) is 11.1 Å². The molecule has 10 nitrogen and oxygen atoms in total. The summed E-state index contributed by atoms with van der Waals surface area (Å²) in [5, 5.41) is 79.0. The van der Waals surface area contributed by atoms with Gasteiger partial charge < -0.3 is 50.3 Å². The maximum absolute atomic E-state index is 10.2. The molecule has 2 aliphatic heterocycles. The first-order valence-electron chi connectivity index (χ1n) is 13.1. The van der Waals surface area contributed by atoms with E-state index < -0.39 is 74.3 Å². The average molecular weight is 553 g/mol. The number of ether oxygens (including phenoxy) is 2. The van der Waals surface area contributed by atoms with Crippen molar-refractivity contribution in [3.05, 3.63) is 58.7 Å². The predicted molar refractivity (Wildman–Crippen MR) is 141 cm³/mol. The van der Waals surface area contributed by atoms with E-state index in [1.165, 1.54) is 0 Å². The molecule has 2 aromatic carbocycles. The van der Waals surface area contributed by atoms with Gasteiger partial charge in [0, 0.05) is 11.1 Å². The van der Waals surface area contributed by atoms with E-state index in [-0.39, 0.29) is 0 Å². The highest BCUT2D eigenvalue weighted by Crippen LogP contribution is 2.34. The smallest absolute Gasteiger partial charge is 0.147 e. The minimum absolute atomic E-state index is 0.511. The lowest BCUT2D eigenvalue weighted by atomic mass is 9.84. The zero-order valence-corrected chi connectivity index (χ0v) is 21.5. The molecule has 8 N–H and O–H groups in total. The largest absolute Gasteiger partial charge is 0.394 e. The van der Waals surface area contributed by atoms with Gasteiger partial charge in [-0.25, -0.2) is 0 Å². The molecule has 0 radical (unpaired) electrons. The zero-order valence-electron chi connectivity index (χ0n) is 21.5. The molecule has 5 rings (SSSR count). The zero-order chi connectivity index (χ0) is 28.6. The molecule has 40 heavy (non-hydrogen) atoms. The normalized spacial score (nSPS) is 34.9. The predicted octanol–water partition coefficient (Wildman–Crippen LogP) is -2.16. The molecule has 1 aliphatic carbocycles. The number of hydrogen-bond donors (Lipinski definition) is 8. The van der Waals surface area contributed by atoms with Crippen LogP contribution in [0.2, 0.25) is 0 Å². The fourth-order valence-corrected chi connectivity index (χ4v) is 5.30. The summed E-state index contributed by atoms with van der Waals surface area (Å²) < 4.78 is 10.9. The topological polar surface area (TPSA) is 180 Å². The number of fused-ring (bicyclic) bond motifs is 3. The standard InChI is InChI=1S/C30H32O10/c31-13-23-27(35)29(37)25(33)21(39-23)9-3-15-1-7-19-17(11-15)5-6-18-12-16(2-8-20(18)19)4-10-22-26(34)30(38)28(36)24(14-32)40-22/h1-2,7-8,11-12,21-38H,5-6,13-14H2/t21-,22-,23-,24-,25-,26-,27-,28-,29-,30?/m1/s1. The molecule has 212 valence electrons. The molecule has 0 aromatic heterocycles. The fraction of sp³-hybridized carbons (Fsp3) is 0.467. The maximum Gasteiger partial charge on any atom is 0.147 e. The van der Waals surface area contributed by atoms with Crippen LogP contribution in [0.5, 0.6) is 0 Å². The first-order chi connectivity index (χ1) is 19.2. The highest BCUT2D eigenvalue weighted by molar-refractivity contribution is 5.74. The molecule has 10 atom stereocenters. The van der Waals surface area contributed by atoms with Crippen molar-refractivity contribution in [2.75, 3.05) is 13.2 Å². The van der Waals surface area contributed by atoms with Gasteiger partial charge in [0.15, 0.2) is 0 Å². The molecular weight excluding hydrogens is 520 g/mol. The number of rotatable bonds is 2. The Morgan fingerprint density at radius 1 is 0.575 bits per heavy atom. The number of hydrogen-bond acceptors (Lipinski definition) is 10. The molecular formula is C30H32O10. The second-order valence-electron chi connectivity index (χ2n) is 10.3. The lowest BCUT2D eigenvalue weighted by Gasteiger charge is -2.37. The van der Waals surface area contributed by atoms with Crippen LogP contribution in [0, 0.1) is 23.7 Å². The van der Waals surface area contributed by atoms with Gasteiger partial charge in [0.2, 0.25) is 0 Å². The van der Waals surface area contributed by atoms with Crippen LogP contribution in [0.4, 0.5) is 0 Å². The Labute approximate surface area is 231 Å². The van der Waals surface area contributed by atoms with E-state index in [0.29, 0.717) is 11.1 Å². The molecule has 0 saturated carbocycles. The van der Waals surface area contributed by atoms with E-state index >= 15 is 0 Å². The van der Waals surface area contributed by atoms with Crippen molar-refractivity contribution in [3.63, 3.8) is 0 Å². The first kappa shape index (κ1) is 28.7. The minimum Gasteiger partial charge on any atom is -0.394 e. The first-order valence-corrected chi connectivity index (χ1v) is 13.1. The fourth-order valence-electron chi connectivity index (χ4n) is 5.30. The highest BCUT2D eigenvalue weighted by Gasteiger charge is 2.43. The van der Waals surface area contributed by atoms with Gasteiger partial charge in [-0.2, -0.15) is 0 Å². The Kier molecular flexibility index (Phi) is 8.57. The summed E-state index contributed by atoms with van der Waals surface area (Å²) in [5.41, 5.74) is 5.67. The Morgan fingerprint density at radius 3 is 1.35 bits per heavy atom. The SMILES string of the molecule is OC[C@H]1O[C@H](C#Cc2ccc3c(c2)CCc2cc(C#C[C@H]4O[C@H](CO)[C@@H](O)C(O)[C@@H]4O)ccc2-3)[C@@H](O)[C@@H](O)[C@@H]1O. The van der Waals surface area contributed by atoms with Gasteiger partial charge in [-0.1, -0.05) is 35.8 Å². The van der Waals surface area contributed by atoms with Gasteiger partial charge >= 0.3 is 0 Å². The summed E-state index contributed by atoms with van der Waals surface area (Å²) in [6, 6.07) is 11.5. The quantitative estimate of drug-likeness (QED) is 0.191. The van der Waals surface area contributed by atoms with Crippen LogP contribution in [0.3, 0.4) is 0 Å². The van der Waals surface area contributed by atoms with Crippen molar-refractivity contribution in [1.29, 1.82) is 0 Å². The number of aryl methyl sites for hydroxylation is 2. The van der Waals surface area contributed by atoms with Gasteiger partial charge in [-0.3, -0.25) is 0 Å². The van der Waals surface area contributed by atoms with E-state index in [1.807, 2.05) is 36.4 Å². The monoisotopic (exact) mass is 552 g/mol. The van der Waals surface area contributed by atoms with Crippen LogP contribution in [-0.2, 0) is 22.3 Å². The second-order valence-corrected chi connectivity index (χ2v) is 10.3. The van der Waals surface area contributed by atoms with Crippen molar-refractivity contribution in [3.8, 4) is 34.8 Å². The maximum atomic E-state index is 10.2. The summed E-state index contributed by atoms with van der Waals surface area (Å²) in [7, 11) is 0. The molecule has 2 heterocycles. The summed E-state index contributed by atoms with van der Waals surface area (Å²) in [4.78, 5) is 0. The molecule has 1 unspecified atom stereocenters. The van der Waals surface area contributed by atoms with Gasteiger partial charge in [-0.15, -0.1) is 0 Å². The lowest BCUT2D eigenvalue weighted by molar-refractivity contribution is -0.214. The Morgan fingerprint density at radius 2 is 0.975 bits per heavy atom. The number of benzene rings is 2. The molecule has 0 bridgehead atoms. The van der Waals surface area contributed by atoms with Crippen molar-refractivity contribution < 1.29 is 50.3 Å². The van der Waals surface area contributed by atoms with Crippen LogP contribution in [0.15, 0.2) is 36.4 Å². The van der Waals surface area contributed by atoms with Crippen molar-refractivity contribution in [2.24, 2.45) is 0 Å². The Hall–Kier alpha value is -2.84. The second kappa shape index (κ2) is 12.0. The average Bonchev–Trinajstić information content (AvgIpc) is 2.97. The van der Waals surface area contributed by atoms with Crippen molar-refractivity contribution in [2.45, 2.75) is 73.9 Å². The molecule has 10 heteroatoms. The molecule has 2 fully saturated rings. The third-order valence-electron chi connectivity index (χ3n) is 7.67. The Balaban J connectivity index is 1.32. The van der Waals surface area contributed by atoms with E-state index in [1.54, 1.807) is 0 Å². The van der Waals surface area contributed by atoms with Crippen LogP contribution in [-0.4, -0.2) is 115 Å². The Bertz CT molecular complexity index is 1250. The highest BCUT2D eigenvalue weighted by atomic mass is 16.5. The van der Waals surface area contributed by atoms with Gasteiger partial charge in [0.25, 0.3) is 0 Å². The van der Waals surface area contributed by atoms with Crippen LogP contribution < -0.4 is 0 Å². The molecule has 0 amide bonds. The number of aliphatic hydroxyl groups is 8. The minimum atomic E-state index is -1.47. The summed E-state index contributed by atoms with van der Waals surface area (Å²) in [6.07, 6.45) is -11.3. The van der Waals surface area contributed by atoms with E-state index in [2.05, 4.69) is 23.7 Å². The molecule has 2 aromatic rings. The molecule has 3 aliphatic rings. The summed E-state index contributed by atoms with van der Waals surface area (Å²) in [5.74, 6) is 11.5. The van der Waals surface area contributed by atoms with Crippen molar-refractivity contribution >= 4 is 0 Å². The van der Waals surface area contributed by atoms with E-state index in [9.17, 15) is 40.9 Å². The third kappa shape index (κ3) is 5.53. The molecule has 2 saturated heterocycles. The molecule has 0 spiro atoms. The van der Waals surface area contributed by atoms with Crippen molar-refractivity contribution in [1.82, 2.24) is 0 Å². The summed E-state index contributed by atoms with van der Waals surface area (Å²) >= 11 is 0. The van der Waals surface area contributed by atoms with E-state index in [4.69, 9.17) is 9.47 Å². The van der Waals surface area contributed by atoms with Gasteiger partial charge in [0.1, 0.15) is 61.0 Å². The summed E-state index contributed by atoms with van der Waals surface area (Å²) in [6.45, 7) is -1.02. The lowest BCUT2D eigenvalue weighted by Crippen LogP contribution is -2.58. The van der Waals surface area contributed by atoms with Crippen LogP contribution >= 0.6 is 0 Å². The van der Waals surface area contributed by atoms with Gasteiger partial charge in [0.05, 0.1) is 13.2 Å². The van der Waals surface area contributed by atoms with Crippen LogP contribution in [0.1, 0.15) is 22.3 Å². The van der Waals surface area contributed by atoms with E-state index in [0.717, 1.165) is 35.1 Å². The van der Waals surface area contributed by atoms with Gasteiger partial charge in [-0.05, 0) is 59.4 Å².